The van der Waals surface area contributed by atoms with Crippen molar-refractivity contribution in [1.29, 1.82) is 0 Å². The van der Waals surface area contributed by atoms with Gasteiger partial charge >= 0.3 is 0 Å². The SMILES string of the molecule is O=C(c1ccoc1)N1CCCC(Cn2cc(-c3cccnc3)nn2)C1. The van der Waals surface area contributed by atoms with E-state index in [1.807, 2.05) is 27.9 Å². The molecule has 0 aliphatic carbocycles. The topological polar surface area (TPSA) is 77.0 Å². The van der Waals surface area contributed by atoms with E-state index in [2.05, 4.69) is 15.3 Å². The number of piperidine rings is 1. The first-order valence-corrected chi connectivity index (χ1v) is 8.41. The van der Waals surface area contributed by atoms with E-state index in [4.69, 9.17) is 4.42 Å². The summed E-state index contributed by atoms with van der Waals surface area (Å²) in [5, 5.41) is 8.45. The first-order valence-electron chi connectivity index (χ1n) is 8.41. The summed E-state index contributed by atoms with van der Waals surface area (Å²) >= 11 is 0. The average Bonchev–Trinajstić information content (AvgIpc) is 3.34. The number of hydrogen-bond acceptors (Lipinski definition) is 5. The van der Waals surface area contributed by atoms with E-state index >= 15 is 0 Å². The number of pyridine rings is 1. The van der Waals surface area contributed by atoms with Crippen LogP contribution in [0.25, 0.3) is 11.3 Å². The summed E-state index contributed by atoms with van der Waals surface area (Å²) in [5.41, 5.74) is 2.38. The highest BCUT2D eigenvalue weighted by atomic mass is 16.3. The molecular formula is C18H19N5O2. The van der Waals surface area contributed by atoms with Crippen molar-refractivity contribution in [2.24, 2.45) is 5.92 Å². The Hall–Kier alpha value is -2.96. The van der Waals surface area contributed by atoms with Crippen molar-refractivity contribution in [3.05, 3.63) is 54.9 Å². The van der Waals surface area contributed by atoms with Crippen molar-refractivity contribution in [3.63, 3.8) is 0 Å². The van der Waals surface area contributed by atoms with Crippen LogP contribution in [-0.4, -0.2) is 43.9 Å². The maximum Gasteiger partial charge on any atom is 0.257 e. The maximum absolute atomic E-state index is 12.5. The molecule has 4 rings (SSSR count). The molecule has 1 amide bonds. The molecule has 0 radical (unpaired) electrons. The molecule has 1 unspecified atom stereocenters. The molecule has 0 saturated carbocycles. The van der Waals surface area contributed by atoms with E-state index in [0.717, 1.165) is 43.7 Å². The third-order valence-corrected chi connectivity index (χ3v) is 4.52. The second-order valence-electron chi connectivity index (χ2n) is 6.34. The first kappa shape index (κ1) is 15.6. The van der Waals surface area contributed by atoms with Crippen LogP contribution >= 0.6 is 0 Å². The summed E-state index contributed by atoms with van der Waals surface area (Å²) < 4.78 is 6.88. The van der Waals surface area contributed by atoms with Crippen LogP contribution < -0.4 is 0 Å². The standard InChI is InChI=1S/C18H19N5O2/c24-18(16-5-8-25-13-16)22-7-2-3-14(10-22)11-23-12-17(20-21-23)15-4-1-6-19-9-15/h1,4-6,8-9,12-14H,2-3,7,10-11H2. The molecule has 4 heterocycles. The van der Waals surface area contributed by atoms with Crippen LogP contribution in [0.3, 0.4) is 0 Å². The second kappa shape index (κ2) is 6.88. The summed E-state index contributed by atoms with van der Waals surface area (Å²) in [7, 11) is 0. The van der Waals surface area contributed by atoms with Gasteiger partial charge in [0.05, 0.1) is 18.0 Å². The third kappa shape index (κ3) is 3.45. The van der Waals surface area contributed by atoms with Gasteiger partial charge in [0.2, 0.25) is 0 Å². The average molecular weight is 337 g/mol. The van der Waals surface area contributed by atoms with E-state index in [0.29, 0.717) is 11.5 Å². The fourth-order valence-corrected chi connectivity index (χ4v) is 3.27. The molecule has 1 fully saturated rings. The Morgan fingerprint density at radius 1 is 1.36 bits per heavy atom. The molecule has 3 aromatic heterocycles. The molecule has 3 aromatic rings. The molecule has 7 heteroatoms. The number of carbonyl (C=O) groups is 1. The quantitative estimate of drug-likeness (QED) is 0.731. The molecule has 0 spiro atoms. The van der Waals surface area contributed by atoms with E-state index in [9.17, 15) is 4.79 Å². The van der Waals surface area contributed by atoms with Gasteiger partial charge in [0.25, 0.3) is 5.91 Å². The van der Waals surface area contributed by atoms with Gasteiger partial charge in [-0.25, -0.2) is 0 Å². The molecule has 0 aromatic carbocycles. The lowest BCUT2D eigenvalue weighted by atomic mass is 9.97. The number of rotatable bonds is 4. The zero-order valence-electron chi connectivity index (χ0n) is 13.8. The third-order valence-electron chi connectivity index (χ3n) is 4.52. The molecule has 1 atom stereocenters. The Morgan fingerprint density at radius 2 is 2.32 bits per heavy atom. The smallest absolute Gasteiger partial charge is 0.257 e. The van der Waals surface area contributed by atoms with Gasteiger partial charge in [0, 0.05) is 37.6 Å². The van der Waals surface area contributed by atoms with Crippen LogP contribution in [0.4, 0.5) is 0 Å². The van der Waals surface area contributed by atoms with E-state index in [1.54, 1.807) is 18.5 Å². The van der Waals surface area contributed by atoms with Gasteiger partial charge in [-0.2, -0.15) is 0 Å². The van der Waals surface area contributed by atoms with Crippen molar-refractivity contribution in [3.8, 4) is 11.3 Å². The lowest BCUT2D eigenvalue weighted by molar-refractivity contribution is 0.0658. The number of furan rings is 1. The number of aromatic nitrogens is 4. The number of likely N-dealkylation sites (tertiary alicyclic amines) is 1. The highest BCUT2D eigenvalue weighted by molar-refractivity contribution is 5.93. The Labute approximate surface area is 145 Å². The van der Waals surface area contributed by atoms with Gasteiger partial charge < -0.3 is 9.32 Å². The Morgan fingerprint density at radius 3 is 3.12 bits per heavy atom. The fraction of sp³-hybridized carbons (Fsp3) is 0.333. The summed E-state index contributed by atoms with van der Waals surface area (Å²) in [5.74, 6) is 0.404. The van der Waals surface area contributed by atoms with E-state index in [-0.39, 0.29) is 5.91 Å². The number of hydrogen-bond donors (Lipinski definition) is 0. The van der Waals surface area contributed by atoms with Gasteiger partial charge in [0.1, 0.15) is 12.0 Å². The summed E-state index contributed by atoms with van der Waals surface area (Å²) in [6.07, 6.45) is 10.6. The normalized spacial score (nSPS) is 17.6. The second-order valence-corrected chi connectivity index (χ2v) is 6.34. The highest BCUT2D eigenvalue weighted by Gasteiger charge is 2.25. The molecule has 0 N–H and O–H groups in total. The summed E-state index contributed by atoms with van der Waals surface area (Å²) in [6, 6.07) is 5.56. The Bertz CT molecular complexity index is 828. The minimum absolute atomic E-state index is 0.0353. The lowest BCUT2D eigenvalue weighted by Gasteiger charge is -2.32. The van der Waals surface area contributed by atoms with Crippen molar-refractivity contribution in [2.45, 2.75) is 19.4 Å². The van der Waals surface area contributed by atoms with Crippen LogP contribution in [-0.2, 0) is 6.54 Å². The van der Waals surface area contributed by atoms with Crippen LogP contribution in [0.1, 0.15) is 23.2 Å². The van der Waals surface area contributed by atoms with Gasteiger partial charge in [-0.15, -0.1) is 5.10 Å². The van der Waals surface area contributed by atoms with Crippen molar-refractivity contribution in [2.75, 3.05) is 13.1 Å². The van der Waals surface area contributed by atoms with Gasteiger partial charge in [-0.3, -0.25) is 14.5 Å². The largest absolute Gasteiger partial charge is 0.472 e. The van der Waals surface area contributed by atoms with E-state index in [1.165, 1.54) is 12.5 Å². The maximum atomic E-state index is 12.5. The molecule has 1 saturated heterocycles. The molecule has 128 valence electrons. The molecule has 1 aliphatic rings. The minimum atomic E-state index is 0.0353. The first-order chi connectivity index (χ1) is 12.3. The van der Waals surface area contributed by atoms with Crippen LogP contribution in [0.2, 0.25) is 0 Å². The monoisotopic (exact) mass is 337 g/mol. The van der Waals surface area contributed by atoms with Crippen molar-refractivity contribution < 1.29 is 9.21 Å². The minimum Gasteiger partial charge on any atom is -0.472 e. The number of amides is 1. The van der Waals surface area contributed by atoms with Crippen LogP contribution in [0.5, 0.6) is 0 Å². The van der Waals surface area contributed by atoms with E-state index < -0.39 is 0 Å². The summed E-state index contributed by atoms with van der Waals surface area (Å²) in [4.78, 5) is 18.5. The van der Waals surface area contributed by atoms with Crippen LogP contribution in [0.15, 0.2) is 53.7 Å². The van der Waals surface area contributed by atoms with Crippen LogP contribution in [0, 0.1) is 5.92 Å². The zero-order valence-corrected chi connectivity index (χ0v) is 13.8. The fourth-order valence-electron chi connectivity index (χ4n) is 3.27. The number of carbonyl (C=O) groups excluding carboxylic acids is 1. The predicted molar refractivity (Wildman–Crippen MR) is 90.6 cm³/mol. The molecule has 1 aliphatic heterocycles. The summed E-state index contributed by atoms with van der Waals surface area (Å²) in [6.45, 7) is 2.27. The molecule has 7 nitrogen and oxygen atoms in total. The Balaban J connectivity index is 1.41. The zero-order chi connectivity index (χ0) is 17.1. The van der Waals surface area contributed by atoms with Gasteiger partial charge in [-0.1, -0.05) is 5.21 Å². The Kier molecular flexibility index (Phi) is 4.28. The number of nitrogens with zero attached hydrogens (tertiary/aromatic N) is 5. The lowest BCUT2D eigenvalue weighted by Crippen LogP contribution is -2.41. The molecule has 25 heavy (non-hydrogen) atoms. The van der Waals surface area contributed by atoms with Crippen molar-refractivity contribution in [1.82, 2.24) is 24.9 Å². The predicted octanol–water partition coefficient (Wildman–Crippen LogP) is 2.49. The van der Waals surface area contributed by atoms with Crippen molar-refractivity contribution >= 4 is 5.91 Å². The molecular weight excluding hydrogens is 318 g/mol. The van der Waals surface area contributed by atoms with Gasteiger partial charge in [0.15, 0.2) is 0 Å². The molecule has 0 bridgehead atoms. The highest BCUT2D eigenvalue weighted by Crippen LogP contribution is 2.21. The van der Waals surface area contributed by atoms with Gasteiger partial charge in [-0.05, 0) is 37.0 Å².